The first-order chi connectivity index (χ1) is 16.5. The molecule has 9 heteroatoms. The van der Waals surface area contributed by atoms with Gasteiger partial charge in [-0.05, 0) is 58.2 Å². The van der Waals surface area contributed by atoms with E-state index >= 15 is 0 Å². The van der Waals surface area contributed by atoms with E-state index in [-0.39, 0.29) is 17.1 Å². The van der Waals surface area contributed by atoms with Crippen molar-refractivity contribution in [3.63, 3.8) is 0 Å². The number of aromatic nitrogens is 2. The van der Waals surface area contributed by atoms with Crippen molar-refractivity contribution in [3.05, 3.63) is 60.2 Å². The van der Waals surface area contributed by atoms with Crippen LogP contribution in [0, 0.1) is 5.92 Å². The summed E-state index contributed by atoms with van der Waals surface area (Å²) in [6, 6.07) is 10.7. The Morgan fingerprint density at radius 3 is 2.38 bits per heavy atom. The molecule has 2 amide bonds. The number of hydrazine groups is 2. The Labute approximate surface area is 200 Å². The smallest absolute Gasteiger partial charge is 0.322 e. The van der Waals surface area contributed by atoms with E-state index in [9.17, 15) is 4.79 Å². The molecule has 1 spiro atoms. The number of anilines is 2. The van der Waals surface area contributed by atoms with Crippen molar-refractivity contribution in [2.75, 3.05) is 30.5 Å². The van der Waals surface area contributed by atoms with Crippen LogP contribution in [0.1, 0.15) is 44.1 Å². The van der Waals surface area contributed by atoms with Gasteiger partial charge in [0.05, 0.1) is 30.2 Å². The van der Waals surface area contributed by atoms with Crippen LogP contribution in [0.3, 0.4) is 0 Å². The minimum Gasteiger partial charge on any atom is -0.330 e. The standard InChI is InChI=1S/C25H32N8O/c1-31(2)25(19-6-4-3-5-7-19)12-10-24(11-13-25)17-32(23(34)28-24)20-14-26-22(27-15-20)33-16-21(29-30-33)18-8-9-18/h3-7,14-16,18,29-30H,8-13,17H2,1-2H3,(H,28,34). The molecule has 3 heterocycles. The molecule has 9 nitrogen and oxygen atoms in total. The highest BCUT2D eigenvalue weighted by Gasteiger charge is 2.50. The van der Waals surface area contributed by atoms with Gasteiger partial charge in [0, 0.05) is 23.4 Å². The lowest BCUT2D eigenvalue weighted by Gasteiger charge is -2.48. The monoisotopic (exact) mass is 460 g/mol. The zero-order chi connectivity index (χ0) is 23.3. The van der Waals surface area contributed by atoms with Gasteiger partial charge in [-0.2, -0.15) is 0 Å². The lowest BCUT2D eigenvalue weighted by atomic mass is 9.69. The van der Waals surface area contributed by atoms with Crippen LogP contribution in [0.15, 0.2) is 54.6 Å². The van der Waals surface area contributed by atoms with Crippen molar-refractivity contribution in [2.45, 2.75) is 49.6 Å². The number of hydrogen-bond donors (Lipinski definition) is 3. The van der Waals surface area contributed by atoms with Crippen LogP contribution in [0.4, 0.5) is 16.4 Å². The Bertz CT molecular complexity index is 1090. The fourth-order valence-electron chi connectivity index (χ4n) is 5.70. The second-order valence-electron chi connectivity index (χ2n) is 10.3. The highest BCUT2D eigenvalue weighted by molar-refractivity contribution is 5.95. The molecular formula is C25H32N8O. The number of amides is 2. The fourth-order valence-corrected chi connectivity index (χ4v) is 5.70. The third-order valence-corrected chi connectivity index (χ3v) is 8.04. The SMILES string of the molecule is CN(C)C1(c2ccccc2)CCC2(CC1)CN(c1cnc(N3C=C(C4CC4)NN3)nc1)C(=O)N2. The number of carbonyl (C=O) groups is 1. The third kappa shape index (κ3) is 3.59. The topological polar surface area (TPSA) is 88.7 Å². The van der Waals surface area contributed by atoms with Gasteiger partial charge in [0.25, 0.3) is 0 Å². The van der Waals surface area contributed by atoms with Crippen LogP contribution in [-0.2, 0) is 5.54 Å². The molecule has 178 valence electrons. The average Bonchev–Trinajstić information content (AvgIpc) is 3.50. The Kier molecular flexibility index (Phi) is 5.00. The van der Waals surface area contributed by atoms with Crippen LogP contribution in [0.2, 0.25) is 0 Å². The highest BCUT2D eigenvalue weighted by Crippen LogP contribution is 2.46. The molecule has 0 bridgehead atoms. The average molecular weight is 461 g/mol. The summed E-state index contributed by atoms with van der Waals surface area (Å²) in [6.07, 6.45) is 11.8. The predicted molar refractivity (Wildman–Crippen MR) is 130 cm³/mol. The fraction of sp³-hybridized carbons (Fsp3) is 0.480. The van der Waals surface area contributed by atoms with E-state index in [0.717, 1.165) is 31.4 Å². The minimum absolute atomic E-state index is 0.000974. The molecule has 2 aliphatic heterocycles. The molecule has 6 rings (SSSR count). The van der Waals surface area contributed by atoms with Gasteiger partial charge in [-0.3, -0.25) is 9.80 Å². The quantitative estimate of drug-likeness (QED) is 0.632. The molecule has 3 fully saturated rings. The number of allylic oxidation sites excluding steroid dienone is 1. The molecule has 2 saturated carbocycles. The maximum Gasteiger partial charge on any atom is 0.322 e. The molecule has 1 aromatic heterocycles. The number of carbonyl (C=O) groups excluding carboxylic acids is 1. The van der Waals surface area contributed by atoms with Crippen molar-refractivity contribution in [1.29, 1.82) is 0 Å². The van der Waals surface area contributed by atoms with Gasteiger partial charge in [-0.25, -0.2) is 19.8 Å². The Morgan fingerprint density at radius 2 is 1.74 bits per heavy atom. The molecule has 34 heavy (non-hydrogen) atoms. The van der Waals surface area contributed by atoms with Crippen molar-refractivity contribution in [2.24, 2.45) is 5.92 Å². The molecule has 2 aromatic rings. The summed E-state index contributed by atoms with van der Waals surface area (Å²) in [6.45, 7) is 0.641. The number of hydrogen-bond acceptors (Lipinski definition) is 7. The van der Waals surface area contributed by atoms with Gasteiger partial charge in [0.2, 0.25) is 5.95 Å². The Hall–Kier alpha value is -3.17. The van der Waals surface area contributed by atoms with Crippen LogP contribution >= 0.6 is 0 Å². The lowest BCUT2D eigenvalue weighted by Crippen LogP contribution is -2.54. The number of rotatable bonds is 5. The van der Waals surface area contributed by atoms with Gasteiger partial charge in [0.1, 0.15) is 0 Å². The first kappa shape index (κ1) is 21.4. The maximum absolute atomic E-state index is 13.0. The molecule has 0 radical (unpaired) electrons. The Balaban J connectivity index is 1.15. The molecule has 0 atom stereocenters. The first-order valence-electron chi connectivity index (χ1n) is 12.2. The predicted octanol–water partition coefficient (Wildman–Crippen LogP) is 2.86. The molecule has 1 saturated heterocycles. The van der Waals surface area contributed by atoms with Gasteiger partial charge in [0.15, 0.2) is 0 Å². The summed E-state index contributed by atoms with van der Waals surface area (Å²) in [5.74, 6) is 1.17. The van der Waals surface area contributed by atoms with E-state index in [4.69, 9.17) is 0 Å². The van der Waals surface area contributed by atoms with Crippen LogP contribution in [-0.4, -0.2) is 47.1 Å². The molecule has 2 aliphatic carbocycles. The van der Waals surface area contributed by atoms with E-state index in [1.54, 1.807) is 22.3 Å². The summed E-state index contributed by atoms with van der Waals surface area (Å²) in [4.78, 5) is 26.1. The van der Waals surface area contributed by atoms with Crippen LogP contribution in [0.5, 0.6) is 0 Å². The summed E-state index contributed by atoms with van der Waals surface area (Å²) in [7, 11) is 4.33. The third-order valence-electron chi connectivity index (χ3n) is 8.04. The zero-order valence-corrected chi connectivity index (χ0v) is 19.8. The molecule has 4 aliphatic rings. The number of nitrogens with one attached hydrogen (secondary N) is 3. The normalized spacial score (nSPS) is 28.9. The molecule has 3 N–H and O–H groups in total. The number of nitrogens with zero attached hydrogens (tertiary/aromatic N) is 5. The van der Waals surface area contributed by atoms with Gasteiger partial charge >= 0.3 is 6.03 Å². The summed E-state index contributed by atoms with van der Waals surface area (Å²) < 4.78 is 0. The van der Waals surface area contributed by atoms with Crippen molar-refractivity contribution in [1.82, 2.24) is 31.1 Å². The van der Waals surface area contributed by atoms with Crippen molar-refractivity contribution < 1.29 is 4.79 Å². The van der Waals surface area contributed by atoms with Crippen LogP contribution < -0.4 is 26.2 Å². The van der Waals surface area contributed by atoms with Crippen molar-refractivity contribution in [3.8, 4) is 0 Å². The summed E-state index contributed by atoms with van der Waals surface area (Å²) >= 11 is 0. The molecular weight excluding hydrogens is 428 g/mol. The van der Waals surface area contributed by atoms with Gasteiger partial charge < -0.3 is 10.7 Å². The van der Waals surface area contributed by atoms with Gasteiger partial charge in [-0.15, -0.1) is 5.53 Å². The first-order valence-corrected chi connectivity index (χ1v) is 12.2. The van der Waals surface area contributed by atoms with E-state index < -0.39 is 0 Å². The number of urea groups is 1. The lowest BCUT2D eigenvalue weighted by molar-refractivity contribution is 0.0658. The van der Waals surface area contributed by atoms with E-state index in [1.165, 1.54) is 24.1 Å². The zero-order valence-electron chi connectivity index (χ0n) is 19.8. The number of benzene rings is 1. The second-order valence-corrected chi connectivity index (χ2v) is 10.3. The van der Waals surface area contributed by atoms with E-state index in [1.807, 2.05) is 6.20 Å². The van der Waals surface area contributed by atoms with Gasteiger partial charge in [-0.1, -0.05) is 30.3 Å². The van der Waals surface area contributed by atoms with E-state index in [0.29, 0.717) is 18.4 Å². The summed E-state index contributed by atoms with van der Waals surface area (Å²) in [5.41, 5.74) is 9.31. The van der Waals surface area contributed by atoms with Crippen LogP contribution in [0.25, 0.3) is 0 Å². The van der Waals surface area contributed by atoms with Crippen molar-refractivity contribution >= 4 is 17.7 Å². The molecule has 0 unspecified atom stereocenters. The molecule has 1 aromatic carbocycles. The maximum atomic E-state index is 13.0. The summed E-state index contributed by atoms with van der Waals surface area (Å²) in [5, 5.41) is 5.10. The largest absolute Gasteiger partial charge is 0.330 e. The second kappa shape index (κ2) is 7.95. The van der Waals surface area contributed by atoms with E-state index in [2.05, 4.69) is 75.6 Å². The highest BCUT2D eigenvalue weighted by atomic mass is 16.2. The Morgan fingerprint density at radius 1 is 1.03 bits per heavy atom. The minimum atomic E-state index is -0.216.